The summed E-state index contributed by atoms with van der Waals surface area (Å²) in [5.41, 5.74) is 0.768. The van der Waals surface area contributed by atoms with E-state index in [4.69, 9.17) is 9.39 Å². The van der Waals surface area contributed by atoms with Crippen LogP contribution in [0.5, 0.6) is 11.5 Å². The maximum atomic E-state index is 12.4. The lowest BCUT2D eigenvalue weighted by atomic mass is 9.70. The lowest BCUT2D eigenvalue weighted by molar-refractivity contribution is -0.255. The Bertz CT molecular complexity index is 925. The normalized spacial score (nSPS) is 17.9. The Kier molecular flexibility index (Phi) is 4.48. The average Bonchev–Trinajstić information content (AvgIpc) is 2.63. The van der Waals surface area contributed by atoms with Gasteiger partial charge in [0.05, 0.1) is 30.4 Å². The molecule has 2 heterocycles. The molecule has 2 N–H and O–H groups in total. The van der Waals surface area contributed by atoms with Crippen molar-refractivity contribution < 1.29 is 34.1 Å². The van der Waals surface area contributed by atoms with Crippen molar-refractivity contribution in [2.75, 3.05) is 13.1 Å². The topological polar surface area (TPSA) is 119 Å². The fraction of sp³-hybridized carbons (Fsp3) is 0.263. The van der Waals surface area contributed by atoms with Crippen LogP contribution in [-0.2, 0) is 6.42 Å². The number of aryl methyl sites for hydroxylation is 1. The molecule has 1 saturated heterocycles. The van der Waals surface area contributed by atoms with Gasteiger partial charge in [-0.25, -0.2) is 0 Å². The second-order valence-corrected chi connectivity index (χ2v) is 7.05. The highest BCUT2D eigenvalue weighted by atomic mass is 16.6. The van der Waals surface area contributed by atoms with Crippen LogP contribution in [0.3, 0.4) is 0 Å². The highest BCUT2D eigenvalue weighted by molar-refractivity contribution is 6.59. The van der Waals surface area contributed by atoms with Gasteiger partial charge >= 0.3 is 6.75 Å². The number of ether oxygens (including phenoxy) is 1. The van der Waals surface area contributed by atoms with Crippen molar-refractivity contribution in [1.29, 1.82) is 0 Å². The van der Waals surface area contributed by atoms with Crippen LogP contribution in [-0.4, -0.2) is 52.8 Å². The summed E-state index contributed by atoms with van der Waals surface area (Å²) in [6.45, 7) is -2.49. The second kappa shape index (κ2) is 6.85. The fourth-order valence-corrected chi connectivity index (χ4v) is 3.44. The summed E-state index contributed by atoms with van der Waals surface area (Å²) in [5.74, 6) is -1.77. The number of carboxylic acids is 1. The molecule has 0 unspecified atom stereocenters. The molecular weight excluding hydrogens is 365 g/mol. The quantitative estimate of drug-likeness (QED) is 0.703. The number of aromatic carboxylic acids is 1. The second-order valence-electron chi connectivity index (χ2n) is 7.05. The van der Waals surface area contributed by atoms with E-state index in [1.807, 2.05) is 6.07 Å². The van der Waals surface area contributed by atoms with Gasteiger partial charge in [-0.15, -0.1) is 0 Å². The molecule has 1 amide bonds. The van der Waals surface area contributed by atoms with Crippen LogP contribution in [0.2, 0.25) is 6.32 Å². The molecule has 9 heteroatoms. The number of fused-ring (bicyclic) bond motifs is 1. The van der Waals surface area contributed by atoms with Crippen LogP contribution in [0.4, 0.5) is 0 Å². The lowest BCUT2D eigenvalue weighted by Gasteiger charge is -2.41. The number of amides is 1. The zero-order valence-corrected chi connectivity index (χ0v) is 14.9. The van der Waals surface area contributed by atoms with E-state index in [1.165, 1.54) is 6.07 Å². The first-order valence-electron chi connectivity index (χ1n) is 9.01. The minimum atomic E-state index is -3.11. The van der Waals surface area contributed by atoms with Crippen molar-refractivity contribution in [3.05, 3.63) is 59.2 Å². The number of carboxylic acid groups (broad SMARTS) is 1. The van der Waals surface area contributed by atoms with Gasteiger partial charge in [-0.3, -0.25) is 4.79 Å². The van der Waals surface area contributed by atoms with Crippen molar-refractivity contribution >= 4 is 18.6 Å². The number of likely N-dealkylation sites (tertiary alicyclic amines) is 1. The zero-order chi connectivity index (χ0) is 19.9. The molecule has 0 bridgehead atoms. The van der Waals surface area contributed by atoms with Gasteiger partial charge < -0.3 is 34.2 Å². The molecule has 146 valence electrons. The molecule has 2 aliphatic rings. The van der Waals surface area contributed by atoms with Crippen LogP contribution in [0, 0.1) is 0 Å². The number of nitrogens with zero attached hydrogens (tertiary/aromatic N) is 1. The Morgan fingerprint density at radius 1 is 1.14 bits per heavy atom. The molecule has 4 rings (SSSR count). The van der Waals surface area contributed by atoms with E-state index in [1.54, 1.807) is 35.2 Å². The first kappa shape index (κ1) is 18.3. The largest absolute Gasteiger partial charge is 0.669 e. The highest BCUT2D eigenvalue weighted by Gasteiger charge is 2.35. The molecule has 28 heavy (non-hydrogen) atoms. The maximum absolute atomic E-state index is 12.4. The Labute approximate surface area is 160 Å². The van der Waals surface area contributed by atoms with Crippen molar-refractivity contribution in [2.24, 2.45) is 0 Å². The van der Waals surface area contributed by atoms with E-state index in [9.17, 15) is 24.7 Å². The van der Waals surface area contributed by atoms with E-state index in [0.29, 0.717) is 24.2 Å². The third-order valence-electron chi connectivity index (χ3n) is 4.95. The molecular formula is C19H18BNO7-2. The molecule has 2 aromatic rings. The number of rotatable bonds is 4. The Morgan fingerprint density at radius 2 is 1.86 bits per heavy atom. The molecule has 0 atom stereocenters. The van der Waals surface area contributed by atoms with Crippen LogP contribution in [0.1, 0.15) is 26.3 Å². The predicted octanol–water partition coefficient (Wildman–Crippen LogP) is -0.188. The lowest BCUT2D eigenvalue weighted by Crippen LogP contribution is -2.56. The van der Waals surface area contributed by atoms with Crippen molar-refractivity contribution in [2.45, 2.75) is 18.8 Å². The number of carbonyl (C=O) groups is 2. The number of hydrogen-bond acceptors (Lipinski definition) is 7. The smallest absolute Gasteiger partial charge is 0.430 e. The van der Waals surface area contributed by atoms with Gasteiger partial charge in [-0.1, -0.05) is 30.6 Å². The molecule has 0 saturated carbocycles. The van der Waals surface area contributed by atoms with Crippen LogP contribution >= 0.6 is 0 Å². The van der Waals surface area contributed by atoms with E-state index < -0.39 is 12.7 Å². The molecule has 2 aromatic carbocycles. The van der Waals surface area contributed by atoms with Crippen molar-refractivity contribution in [3.8, 4) is 11.5 Å². The fourth-order valence-electron chi connectivity index (χ4n) is 3.44. The monoisotopic (exact) mass is 383 g/mol. The maximum Gasteiger partial charge on any atom is 0.430 e. The Morgan fingerprint density at radius 3 is 2.54 bits per heavy atom. The Hall–Kier alpha value is -3.04. The molecule has 2 aliphatic heterocycles. The van der Waals surface area contributed by atoms with Gasteiger partial charge in [0.15, 0.2) is 0 Å². The van der Waals surface area contributed by atoms with E-state index in [0.717, 1.165) is 0 Å². The summed E-state index contributed by atoms with van der Waals surface area (Å²) in [7, 11) is 0. The minimum absolute atomic E-state index is 0.0150. The van der Waals surface area contributed by atoms with Crippen LogP contribution in [0.25, 0.3) is 0 Å². The zero-order valence-electron chi connectivity index (χ0n) is 14.9. The summed E-state index contributed by atoms with van der Waals surface area (Å²) in [6.07, 6.45) is -0.129. The summed E-state index contributed by atoms with van der Waals surface area (Å²) in [6, 6.07) is 12.0. The van der Waals surface area contributed by atoms with Crippen LogP contribution in [0.15, 0.2) is 42.5 Å². The molecule has 1 fully saturated rings. The Balaban J connectivity index is 1.49. The average molecular weight is 383 g/mol. The van der Waals surface area contributed by atoms with Gasteiger partial charge in [0, 0.05) is 5.56 Å². The standard InChI is InChI=1S/C19H19BNO7/c22-18(13-4-2-1-3-5-13)21-10-14(11-21)27-15-7-6-12-8-9-20(25,26)28-17(12)16(15)19(23)24/h1-7,14,25-26H,8-11H2,(H,23,24)/q-1/p-1. The van der Waals surface area contributed by atoms with Crippen LogP contribution < -0.4 is 14.5 Å². The summed E-state index contributed by atoms with van der Waals surface area (Å²) in [4.78, 5) is 25.6. The highest BCUT2D eigenvalue weighted by Crippen LogP contribution is 2.38. The van der Waals surface area contributed by atoms with Gasteiger partial charge in [0.1, 0.15) is 11.9 Å². The summed E-state index contributed by atoms with van der Waals surface area (Å²) < 4.78 is 10.9. The third kappa shape index (κ3) is 3.41. The first-order chi connectivity index (χ1) is 13.3. The van der Waals surface area contributed by atoms with Crippen molar-refractivity contribution in [1.82, 2.24) is 4.90 Å². The van der Waals surface area contributed by atoms with Gasteiger partial charge in [-0.2, -0.15) is 0 Å². The van der Waals surface area contributed by atoms with E-state index in [-0.39, 0.29) is 41.8 Å². The summed E-state index contributed by atoms with van der Waals surface area (Å²) in [5, 5.41) is 31.2. The van der Waals surface area contributed by atoms with Gasteiger partial charge in [0.2, 0.25) is 0 Å². The number of carbonyl (C=O) groups excluding carboxylic acids is 2. The number of benzene rings is 2. The summed E-state index contributed by atoms with van der Waals surface area (Å²) >= 11 is 0. The molecule has 0 spiro atoms. The molecule has 8 nitrogen and oxygen atoms in total. The van der Waals surface area contributed by atoms with Crippen molar-refractivity contribution in [3.63, 3.8) is 0 Å². The molecule has 0 aromatic heterocycles. The number of hydrogen-bond donors (Lipinski definition) is 2. The van der Waals surface area contributed by atoms with Gasteiger partial charge in [0.25, 0.3) is 5.91 Å². The first-order valence-corrected chi connectivity index (χ1v) is 9.01. The minimum Gasteiger partial charge on any atom is -0.669 e. The third-order valence-corrected chi connectivity index (χ3v) is 4.95. The van der Waals surface area contributed by atoms with Gasteiger partial charge in [-0.05, 0) is 30.2 Å². The SMILES string of the molecule is O=C([O-])c1c(OC2CN(C(=O)c3ccccc3)C2)ccc2c1O[B-](O)(O)CC2. The molecule has 0 radical (unpaired) electrons. The predicted molar refractivity (Wildman–Crippen MR) is 96.9 cm³/mol. The molecule has 0 aliphatic carbocycles. The van der Waals surface area contributed by atoms with E-state index in [2.05, 4.69) is 0 Å². The van der Waals surface area contributed by atoms with E-state index >= 15 is 0 Å².